The van der Waals surface area contributed by atoms with Crippen LogP contribution in [0.15, 0.2) is 36.4 Å². The molecule has 2 aromatic rings. The second kappa shape index (κ2) is 7.01. The first kappa shape index (κ1) is 16.6. The molecule has 0 bridgehead atoms. The number of anilines is 1. The first-order chi connectivity index (χ1) is 10.4. The predicted molar refractivity (Wildman–Crippen MR) is 87.2 cm³/mol. The Labute approximate surface area is 141 Å². The van der Waals surface area contributed by atoms with E-state index < -0.39 is 5.97 Å². The van der Waals surface area contributed by atoms with E-state index in [1.807, 2.05) is 0 Å². The number of carbonyl (C=O) groups is 2. The van der Waals surface area contributed by atoms with Crippen molar-refractivity contribution in [3.05, 3.63) is 62.6 Å². The second-order valence-corrected chi connectivity index (χ2v) is 5.72. The van der Waals surface area contributed by atoms with Gasteiger partial charge in [0.25, 0.3) is 0 Å². The molecule has 0 unspecified atom stereocenters. The maximum atomic E-state index is 12.0. The molecule has 0 aliphatic rings. The van der Waals surface area contributed by atoms with Crippen molar-refractivity contribution in [1.29, 1.82) is 0 Å². The molecule has 7 heteroatoms. The van der Waals surface area contributed by atoms with Gasteiger partial charge in [-0.25, -0.2) is 4.79 Å². The van der Waals surface area contributed by atoms with Crippen LogP contribution in [0.4, 0.5) is 5.69 Å². The van der Waals surface area contributed by atoms with Crippen molar-refractivity contribution < 1.29 is 14.7 Å². The maximum absolute atomic E-state index is 12.0. The number of halogens is 3. The fourth-order valence-electron chi connectivity index (χ4n) is 1.84. The molecule has 0 aromatic heterocycles. The first-order valence-electron chi connectivity index (χ1n) is 6.13. The molecule has 2 N–H and O–H groups in total. The third-order valence-electron chi connectivity index (χ3n) is 2.83. The Morgan fingerprint density at radius 3 is 2.36 bits per heavy atom. The van der Waals surface area contributed by atoms with Crippen LogP contribution in [0.25, 0.3) is 0 Å². The lowest BCUT2D eigenvalue weighted by atomic mass is 10.1. The van der Waals surface area contributed by atoms with Crippen LogP contribution >= 0.6 is 34.8 Å². The fourth-order valence-corrected chi connectivity index (χ4v) is 2.33. The lowest BCUT2D eigenvalue weighted by Crippen LogP contribution is -2.16. The third-order valence-corrected chi connectivity index (χ3v) is 3.81. The van der Waals surface area contributed by atoms with Gasteiger partial charge >= 0.3 is 5.97 Å². The Hall–Kier alpha value is -1.75. The first-order valence-corrected chi connectivity index (χ1v) is 7.27. The molecule has 4 nitrogen and oxygen atoms in total. The highest BCUT2D eigenvalue weighted by Gasteiger charge is 2.13. The van der Waals surface area contributed by atoms with Gasteiger partial charge in [-0.15, -0.1) is 0 Å². The topological polar surface area (TPSA) is 66.4 Å². The van der Waals surface area contributed by atoms with Crippen LogP contribution in [0.5, 0.6) is 0 Å². The number of hydrogen-bond donors (Lipinski definition) is 2. The van der Waals surface area contributed by atoms with Crippen LogP contribution in [0.3, 0.4) is 0 Å². The highest BCUT2D eigenvalue weighted by molar-refractivity contribution is 6.42. The van der Waals surface area contributed by atoms with E-state index in [1.165, 1.54) is 18.2 Å². The van der Waals surface area contributed by atoms with Crippen LogP contribution < -0.4 is 5.32 Å². The smallest absolute Gasteiger partial charge is 0.337 e. The average Bonchev–Trinajstić information content (AvgIpc) is 2.42. The Balaban J connectivity index is 2.16. The van der Waals surface area contributed by atoms with Gasteiger partial charge in [-0.05, 0) is 35.9 Å². The molecule has 2 rings (SSSR count). The zero-order chi connectivity index (χ0) is 16.3. The highest BCUT2D eigenvalue weighted by atomic mass is 35.5. The molecule has 0 radical (unpaired) electrons. The van der Waals surface area contributed by atoms with Gasteiger partial charge < -0.3 is 10.4 Å². The summed E-state index contributed by atoms with van der Waals surface area (Å²) in [5, 5.41) is 12.7. The average molecular weight is 359 g/mol. The maximum Gasteiger partial charge on any atom is 0.337 e. The van der Waals surface area contributed by atoms with Crippen molar-refractivity contribution in [2.24, 2.45) is 0 Å². The van der Waals surface area contributed by atoms with Crippen molar-refractivity contribution in [1.82, 2.24) is 0 Å². The molecule has 0 aliphatic heterocycles. The lowest BCUT2D eigenvalue weighted by molar-refractivity contribution is -0.115. The number of carbonyl (C=O) groups excluding carboxylic acids is 1. The number of carboxylic acid groups (broad SMARTS) is 1. The van der Waals surface area contributed by atoms with E-state index in [9.17, 15) is 9.59 Å². The Kier molecular flexibility index (Phi) is 5.29. The van der Waals surface area contributed by atoms with Crippen molar-refractivity contribution in [3.8, 4) is 0 Å². The quantitative estimate of drug-likeness (QED) is 0.844. The molecule has 22 heavy (non-hydrogen) atoms. The molecular formula is C15H10Cl3NO3. The number of rotatable bonds is 4. The van der Waals surface area contributed by atoms with E-state index in [4.69, 9.17) is 39.9 Å². The molecule has 114 valence electrons. The zero-order valence-electron chi connectivity index (χ0n) is 11.1. The van der Waals surface area contributed by atoms with Crippen LogP contribution in [-0.4, -0.2) is 17.0 Å². The van der Waals surface area contributed by atoms with Gasteiger partial charge in [0.2, 0.25) is 5.91 Å². The highest BCUT2D eigenvalue weighted by Crippen LogP contribution is 2.24. The summed E-state index contributed by atoms with van der Waals surface area (Å²) in [5.74, 6) is -1.54. The van der Waals surface area contributed by atoms with Gasteiger partial charge in [-0.3, -0.25) is 4.79 Å². The van der Waals surface area contributed by atoms with E-state index in [-0.39, 0.29) is 23.6 Å². The van der Waals surface area contributed by atoms with E-state index in [2.05, 4.69) is 5.32 Å². The van der Waals surface area contributed by atoms with Crippen LogP contribution in [0.1, 0.15) is 15.9 Å². The van der Waals surface area contributed by atoms with E-state index >= 15 is 0 Å². The largest absolute Gasteiger partial charge is 0.478 e. The van der Waals surface area contributed by atoms with Crippen LogP contribution in [-0.2, 0) is 11.2 Å². The van der Waals surface area contributed by atoms with Gasteiger partial charge in [0.15, 0.2) is 0 Å². The Bertz CT molecular complexity index is 747. The minimum absolute atomic E-state index is 0.0302. The molecule has 0 spiro atoms. The minimum Gasteiger partial charge on any atom is -0.478 e. The number of benzene rings is 2. The molecule has 2 aromatic carbocycles. The molecule has 0 fully saturated rings. The molecule has 1 amide bonds. The molecule has 0 saturated heterocycles. The van der Waals surface area contributed by atoms with Gasteiger partial charge in [0, 0.05) is 5.02 Å². The Morgan fingerprint density at radius 2 is 1.73 bits per heavy atom. The van der Waals surface area contributed by atoms with E-state index in [0.29, 0.717) is 20.6 Å². The SMILES string of the molecule is O=C(Cc1ccc(Cl)c(Cl)c1)Nc1cc(Cl)ccc1C(=O)O. The number of nitrogens with one attached hydrogen (secondary N) is 1. The van der Waals surface area contributed by atoms with Gasteiger partial charge in [-0.1, -0.05) is 40.9 Å². The summed E-state index contributed by atoms with van der Waals surface area (Å²) in [6.45, 7) is 0. The van der Waals surface area contributed by atoms with E-state index in [1.54, 1.807) is 18.2 Å². The van der Waals surface area contributed by atoms with Gasteiger partial charge in [-0.2, -0.15) is 0 Å². The van der Waals surface area contributed by atoms with Gasteiger partial charge in [0.1, 0.15) is 0 Å². The summed E-state index contributed by atoms with van der Waals surface area (Å²) < 4.78 is 0. The standard InChI is InChI=1S/C15H10Cl3NO3/c16-9-2-3-10(15(21)22)13(7-9)19-14(20)6-8-1-4-11(17)12(18)5-8/h1-5,7H,6H2,(H,19,20)(H,21,22). The number of aromatic carboxylic acids is 1. The van der Waals surface area contributed by atoms with E-state index in [0.717, 1.165) is 0 Å². The van der Waals surface area contributed by atoms with Crippen LogP contribution in [0.2, 0.25) is 15.1 Å². The monoisotopic (exact) mass is 357 g/mol. The van der Waals surface area contributed by atoms with Gasteiger partial charge in [0.05, 0.1) is 27.7 Å². The third kappa shape index (κ3) is 4.13. The summed E-state index contributed by atoms with van der Waals surface area (Å²) in [4.78, 5) is 23.2. The second-order valence-electron chi connectivity index (χ2n) is 4.47. The van der Waals surface area contributed by atoms with Crippen molar-refractivity contribution in [3.63, 3.8) is 0 Å². The summed E-state index contributed by atoms with van der Waals surface area (Å²) in [5.41, 5.74) is 0.766. The summed E-state index contributed by atoms with van der Waals surface area (Å²) in [7, 11) is 0. The van der Waals surface area contributed by atoms with Crippen LogP contribution in [0, 0.1) is 0 Å². The number of amides is 1. The predicted octanol–water partition coefficient (Wildman–Crippen LogP) is 4.53. The number of hydrogen-bond acceptors (Lipinski definition) is 2. The lowest BCUT2D eigenvalue weighted by Gasteiger charge is -2.09. The minimum atomic E-state index is -1.15. The summed E-state index contributed by atoms with van der Waals surface area (Å²) in [6.07, 6.45) is 0.0302. The molecule has 0 aliphatic carbocycles. The number of carboxylic acids is 1. The molecule has 0 atom stereocenters. The molecule has 0 heterocycles. The fraction of sp³-hybridized carbons (Fsp3) is 0.0667. The van der Waals surface area contributed by atoms with Crippen molar-refractivity contribution >= 4 is 52.4 Å². The van der Waals surface area contributed by atoms with Crippen molar-refractivity contribution in [2.75, 3.05) is 5.32 Å². The summed E-state index contributed by atoms with van der Waals surface area (Å²) in [6, 6.07) is 9.01. The van der Waals surface area contributed by atoms with Crippen molar-refractivity contribution in [2.45, 2.75) is 6.42 Å². The molecule has 0 saturated carbocycles. The summed E-state index contributed by atoms with van der Waals surface area (Å²) >= 11 is 17.5. The molecular weight excluding hydrogens is 349 g/mol. The normalized spacial score (nSPS) is 10.3. The Morgan fingerprint density at radius 1 is 1.00 bits per heavy atom. The zero-order valence-corrected chi connectivity index (χ0v) is 13.3.